The second-order valence-corrected chi connectivity index (χ2v) is 6.09. The van der Waals surface area contributed by atoms with Crippen LogP contribution in [0.1, 0.15) is 12.5 Å². The van der Waals surface area contributed by atoms with Gasteiger partial charge in [-0.3, -0.25) is 9.59 Å². The molecule has 0 radical (unpaired) electrons. The largest absolute Gasteiger partial charge is 0.493 e. The maximum Gasteiger partial charge on any atom is 0.308 e. The van der Waals surface area contributed by atoms with Crippen molar-refractivity contribution in [2.24, 2.45) is 5.10 Å². The van der Waals surface area contributed by atoms with Crippen molar-refractivity contribution in [1.29, 1.82) is 0 Å². The third-order valence-corrected chi connectivity index (χ3v) is 3.94. The van der Waals surface area contributed by atoms with E-state index in [0.29, 0.717) is 22.8 Å². The summed E-state index contributed by atoms with van der Waals surface area (Å²) in [7, 11) is 1.47. The number of carbonyl (C=O) groups excluding carboxylic acids is 2. The van der Waals surface area contributed by atoms with E-state index >= 15 is 0 Å². The van der Waals surface area contributed by atoms with Crippen LogP contribution in [-0.4, -0.2) is 31.8 Å². The van der Waals surface area contributed by atoms with Crippen LogP contribution in [0.15, 0.2) is 65.8 Å². The molecular formula is C22H20N2O5. The molecule has 1 N–H and O–H groups in total. The molecule has 0 unspecified atom stereocenters. The molecule has 3 aromatic carbocycles. The molecule has 3 aromatic rings. The highest BCUT2D eigenvalue weighted by atomic mass is 16.6. The molecule has 0 atom stereocenters. The highest BCUT2D eigenvalue weighted by Gasteiger charge is 2.07. The van der Waals surface area contributed by atoms with Gasteiger partial charge in [0.05, 0.1) is 13.3 Å². The van der Waals surface area contributed by atoms with Gasteiger partial charge in [-0.1, -0.05) is 30.3 Å². The van der Waals surface area contributed by atoms with E-state index in [9.17, 15) is 9.59 Å². The summed E-state index contributed by atoms with van der Waals surface area (Å²) in [6.07, 6.45) is 1.45. The van der Waals surface area contributed by atoms with Gasteiger partial charge in [-0.2, -0.15) is 5.10 Å². The molecule has 0 aliphatic carbocycles. The Morgan fingerprint density at radius 2 is 1.79 bits per heavy atom. The summed E-state index contributed by atoms with van der Waals surface area (Å²) < 4.78 is 15.7. The number of hydrogen-bond donors (Lipinski definition) is 1. The molecule has 0 bridgehead atoms. The third kappa shape index (κ3) is 5.55. The Labute approximate surface area is 167 Å². The van der Waals surface area contributed by atoms with Crippen molar-refractivity contribution in [1.82, 2.24) is 5.43 Å². The van der Waals surface area contributed by atoms with Gasteiger partial charge in [0, 0.05) is 6.92 Å². The van der Waals surface area contributed by atoms with Crippen molar-refractivity contribution >= 4 is 28.9 Å². The second kappa shape index (κ2) is 9.36. The van der Waals surface area contributed by atoms with Gasteiger partial charge in [0.25, 0.3) is 5.91 Å². The van der Waals surface area contributed by atoms with E-state index in [1.807, 2.05) is 42.5 Å². The SMILES string of the molecule is COc1cc(C=NNC(=O)COc2ccc3ccccc3c2)ccc1OC(C)=O. The standard InChI is InChI=1S/C22H20N2O5/c1-15(25)29-20-10-7-16(11-21(20)27-2)13-23-24-22(26)14-28-19-9-8-17-5-3-4-6-18(17)12-19/h3-13H,14H2,1-2H3,(H,24,26). The summed E-state index contributed by atoms with van der Waals surface area (Å²) in [5.74, 6) is 0.468. The minimum Gasteiger partial charge on any atom is -0.493 e. The zero-order chi connectivity index (χ0) is 20.6. The maximum atomic E-state index is 11.9. The van der Waals surface area contributed by atoms with Crippen molar-refractivity contribution in [3.05, 3.63) is 66.2 Å². The number of rotatable bonds is 7. The minimum absolute atomic E-state index is 0.162. The number of benzene rings is 3. The molecule has 0 spiro atoms. The molecular weight excluding hydrogens is 372 g/mol. The van der Waals surface area contributed by atoms with Gasteiger partial charge in [0.1, 0.15) is 5.75 Å². The Bertz CT molecular complexity index is 1060. The lowest BCUT2D eigenvalue weighted by molar-refractivity contribution is -0.132. The molecule has 1 amide bonds. The minimum atomic E-state index is -0.441. The average molecular weight is 392 g/mol. The fourth-order valence-electron chi connectivity index (χ4n) is 2.62. The molecule has 29 heavy (non-hydrogen) atoms. The summed E-state index contributed by atoms with van der Waals surface area (Å²) in [4.78, 5) is 23.0. The summed E-state index contributed by atoms with van der Waals surface area (Å²) >= 11 is 0. The predicted molar refractivity (Wildman–Crippen MR) is 109 cm³/mol. The second-order valence-electron chi connectivity index (χ2n) is 6.09. The Morgan fingerprint density at radius 1 is 1.00 bits per heavy atom. The van der Waals surface area contributed by atoms with Crippen LogP contribution >= 0.6 is 0 Å². The Morgan fingerprint density at radius 3 is 2.55 bits per heavy atom. The molecule has 7 heteroatoms. The van der Waals surface area contributed by atoms with E-state index in [2.05, 4.69) is 10.5 Å². The van der Waals surface area contributed by atoms with Crippen molar-refractivity contribution in [3.8, 4) is 17.2 Å². The summed E-state index contributed by atoms with van der Waals surface area (Å²) in [6, 6.07) is 18.4. The number of nitrogens with one attached hydrogen (secondary N) is 1. The average Bonchev–Trinajstić information content (AvgIpc) is 2.72. The Hall–Kier alpha value is -3.87. The first-order valence-corrected chi connectivity index (χ1v) is 8.85. The van der Waals surface area contributed by atoms with Crippen LogP contribution in [0.25, 0.3) is 10.8 Å². The molecule has 0 fully saturated rings. The number of amides is 1. The van der Waals surface area contributed by atoms with Gasteiger partial charge in [0.15, 0.2) is 18.1 Å². The van der Waals surface area contributed by atoms with Crippen LogP contribution < -0.4 is 19.6 Å². The van der Waals surface area contributed by atoms with Gasteiger partial charge in [-0.05, 0) is 46.7 Å². The third-order valence-electron chi connectivity index (χ3n) is 3.94. The lowest BCUT2D eigenvalue weighted by Crippen LogP contribution is -2.24. The Balaban J connectivity index is 1.54. The molecule has 0 aliphatic heterocycles. The van der Waals surface area contributed by atoms with Crippen molar-refractivity contribution in [2.75, 3.05) is 13.7 Å². The molecule has 0 heterocycles. The number of fused-ring (bicyclic) bond motifs is 1. The first kappa shape index (κ1) is 19.9. The van der Waals surface area contributed by atoms with Crippen molar-refractivity contribution in [3.63, 3.8) is 0 Å². The van der Waals surface area contributed by atoms with E-state index in [0.717, 1.165) is 10.8 Å². The summed E-state index contributed by atoms with van der Waals surface area (Å²) in [5.41, 5.74) is 3.06. The first-order valence-electron chi connectivity index (χ1n) is 8.85. The van der Waals surface area contributed by atoms with Crippen LogP contribution in [0.5, 0.6) is 17.2 Å². The molecule has 0 aromatic heterocycles. The molecule has 7 nitrogen and oxygen atoms in total. The number of hydrogen-bond acceptors (Lipinski definition) is 6. The van der Waals surface area contributed by atoms with Crippen LogP contribution in [0.4, 0.5) is 0 Å². The number of carbonyl (C=O) groups is 2. The topological polar surface area (TPSA) is 86.2 Å². The van der Waals surface area contributed by atoms with E-state index < -0.39 is 11.9 Å². The van der Waals surface area contributed by atoms with Crippen LogP contribution in [0, 0.1) is 0 Å². The molecule has 0 saturated carbocycles. The molecule has 0 aliphatic rings. The highest BCUT2D eigenvalue weighted by Crippen LogP contribution is 2.27. The van der Waals surface area contributed by atoms with E-state index in [-0.39, 0.29) is 6.61 Å². The van der Waals surface area contributed by atoms with E-state index in [1.165, 1.54) is 20.2 Å². The molecule has 0 saturated heterocycles. The normalized spacial score (nSPS) is 10.7. The smallest absolute Gasteiger partial charge is 0.308 e. The fourth-order valence-corrected chi connectivity index (χ4v) is 2.62. The van der Waals surface area contributed by atoms with Gasteiger partial charge in [-0.25, -0.2) is 5.43 Å². The van der Waals surface area contributed by atoms with Gasteiger partial charge in [-0.15, -0.1) is 0 Å². The number of hydrazone groups is 1. The van der Waals surface area contributed by atoms with Crippen molar-refractivity contribution in [2.45, 2.75) is 6.92 Å². The first-order chi connectivity index (χ1) is 14.0. The lowest BCUT2D eigenvalue weighted by atomic mass is 10.1. The fraction of sp³-hybridized carbons (Fsp3) is 0.136. The molecule has 3 rings (SSSR count). The highest BCUT2D eigenvalue weighted by molar-refractivity contribution is 5.85. The summed E-state index contributed by atoms with van der Waals surface area (Å²) in [6.45, 7) is 1.15. The monoisotopic (exact) mass is 392 g/mol. The van der Waals surface area contributed by atoms with Gasteiger partial charge < -0.3 is 14.2 Å². The van der Waals surface area contributed by atoms with Gasteiger partial charge >= 0.3 is 5.97 Å². The summed E-state index contributed by atoms with van der Waals surface area (Å²) in [5, 5.41) is 6.04. The lowest BCUT2D eigenvalue weighted by Gasteiger charge is -2.08. The van der Waals surface area contributed by atoms with Gasteiger partial charge in [0.2, 0.25) is 0 Å². The van der Waals surface area contributed by atoms with Crippen molar-refractivity contribution < 1.29 is 23.8 Å². The number of ether oxygens (including phenoxy) is 3. The Kier molecular flexibility index (Phi) is 6.42. The van der Waals surface area contributed by atoms with Crippen LogP contribution in [-0.2, 0) is 9.59 Å². The number of esters is 1. The maximum absolute atomic E-state index is 11.9. The van der Waals surface area contributed by atoms with Crippen LogP contribution in [0.2, 0.25) is 0 Å². The molecule has 148 valence electrons. The zero-order valence-electron chi connectivity index (χ0n) is 16.0. The zero-order valence-corrected chi connectivity index (χ0v) is 16.0. The number of nitrogens with zero attached hydrogens (tertiary/aromatic N) is 1. The number of methoxy groups -OCH3 is 1. The van der Waals surface area contributed by atoms with Crippen LogP contribution in [0.3, 0.4) is 0 Å². The quantitative estimate of drug-likeness (QED) is 0.289. The predicted octanol–water partition coefficient (Wildman–Crippen LogP) is 3.30. The van der Waals surface area contributed by atoms with E-state index in [1.54, 1.807) is 18.2 Å². The van der Waals surface area contributed by atoms with E-state index in [4.69, 9.17) is 14.2 Å².